The van der Waals surface area contributed by atoms with Crippen molar-refractivity contribution in [3.63, 3.8) is 0 Å². The van der Waals surface area contributed by atoms with Gasteiger partial charge in [0, 0.05) is 16.7 Å². The highest BCUT2D eigenvalue weighted by Crippen LogP contribution is 2.19. The van der Waals surface area contributed by atoms with Crippen molar-refractivity contribution in [2.45, 2.75) is 4.90 Å². The third kappa shape index (κ3) is 3.56. The molecule has 18 heavy (non-hydrogen) atoms. The molecule has 0 aliphatic rings. The van der Waals surface area contributed by atoms with Gasteiger partial charge in [0.1, 0.15) is 0 Å². The molecule has 0 heterocycles. The van der Waals surface area contributed by atoms with Crippen LogP contribution in [0.1, 0.15) is 10.4 Å². The Labute approximate surface area is 113 Å². The van der Waals surface area contributed by atoms with E-state index >= 15 is 0 Å². The minimum Gasteiger partial charge on any atom is -0.478 e. The second-order valence-electron chi connectivity index (χ2n) is 3.40. The minimum atomic E-state index is -3.92. The Balaban J connectivity index is 3.24. The van der Waals surface area contributed by atoms with Gasteiger partial charge < -0.3 is 10.8 Å². The van der Waals surface area contributed by atoms with E-state index in [0.29, 0.717) is 4.48 Å². The highest BCUT2D eigenvalue weighted by molar-refractivity contribution is 9.11. The summed E-state index contributed by atoms with van der Waals surface area (Å²) in [6.07, 6.45) is 0. The van der Waals surface area contributed by atoms with Gasteiger partial charge in [-0.05, 0) is 18.2 Å². The topological polar surface area (TPSA) is 109 Å². The molecule has 0 aromatic heterocycles. The lowest BCUT2D eigenvalue weighted by Crippen LogP contribution is -2.26. The number of hydrogen-bond donors (Lipinski definition) is 3. The predicted molar refractivity (Wildman–Crippen MR) is 71.1 cm³/mol. The lowest BCUT2D eigenvalue weighted by molar-refractivity contribution is 0.0692. The Morgan fingerprint density at radius 2 is 2.11 bits per heavy atom. The Bertz CT molecular complexity index is 598. The summed E-state index contributed by atoms with van der Waals surface area (Å²) in [5.41, 5.74) is 5.24. The number of aromatic carboxylic acids is 1. The fourth-order valence-corrected chi connectivity index (χ4v) is 2.73. The van der Waals surface area contributed by atoms with Gasteiger partial charge in [0.25, 0.3) is 0 Å². The van der Waals surface area contributed by atoms with Crippen LogP contribution in [0, 0.1) is 0 Å². The number of hydrogen-bond acceptors (Lipinski definition) is 4. The number of nitrogens with two attached hydrogens (primary N) is 1. The number of nitrogens with one attached hydrogen (secondary N) is 1. The molecule has 1 aromatic carbocycles. The molecule has 0 radical (unpaired) electrons. The Morgan fingerprint density at radius 1 is 1.50 bits per heavy atom. The van der Waals surface area contributed by atoms with Crippen molar-refractivity contribution in [1.29, 1.82) is 0 Å². The number of rotatable bonds is 5. The molecule has 98 valence electrons. The Hall–Kier alpha value is -1.38. The first-order valence-electron chi connectivity index (χ1n) is 4.70. The summed E-state index contributed by atoms with van der Waals surface area (Å²) < 4.78 is 26.4. The maximum atomic E-state index is 11.9. The number of carbonyl (C=O) groups is 1. The van der Waals surface area contributed by atoms with Gasteiger partial charge in [-0.25, -0.2) is 17.9 Å². The normalized spacial score (nSPS) is 11.2. The zero-order chi connectivity index (χ0) is 13.9. The average Bonchev–Trinajstić information content (AvgIpc) is 2.26. The van der Waals surface area contributed by atoms with Crippen molar-refractivity contribution < 1.29 is 18.3 Å². The number of benzene rings is 1. The highest BCUT2D eigenvalue weighted by atomic mass is 79.9. The van der Waals surface area contributed by atoms with Crippen molar-refractivity contribution >= 4 is 37.6 Å². The zero-order valence-electron chi connectivity index (χ0n) is 9.18. The van der Waals surface area contributed by atoms with Gasteiger partial charge in [0.15, 0.2) is 0 Å². The zero-order valence-corrected chi connectivity index (χ0v) is 11.6. The molecule has 0 atom stereocenters. The highest BCUT2D eigenvalue weighted by Gasteiger charge is 2.22. The van der Waals surface area contributed by atoms with E-state index in [9.17, 15) is 13.2 Å². The molecular weight excluding hydrogens is 324 g/mol. The lowest BCUT2D eigenvalue weighted by Gasteiger charge is -2.09. The SMILES string of the molecule is C=C(Br)CNS(=O)(=O)c1ccc(N)cc1C(=O)O. The number of halogens is 1. The second-order valence-corrected chi connectivity index (χ2v) is 6.26. The van der Waals surface area contributed by atoms with E-state index in [1.807, 2.05) is 0 Å². The van der Waals surface area contributed by atoms with Gasteiger partial charge in [0.05, 0.1) is 10.5 Å². The molecule has 0 aliphatic carbocycles. The van der Waals surface area contributed by atoms with Crippen LogP contribution in [0.15, 0.2) is 34.2 Å². The van der Waals surface area contributed by atoms with Gasteiger partial charge >= 0.3 is 5.97 Å². The van der Waals surface area contributed by atoms with Crippen LogP contribution in [0.5, 0.6) is 0 Å². The minimum absolute atomic E-state index is 0.0359. The summed E-state index contributed by atoms with van der Waals surface area (Å²) in [6.45, 7) is 3.44. The standard InChI is InChI=1S/C10H11BrN2O4S/c1-6(11)5-13-18(16,17)9-3-2-7(12)4-8(9)10(14)15/h2-4,13H,1,5,12H2,(H,14,15). The van der Waals surface area contributed by atoms with Gasteiger partial charge in [0.2, 0.25) is 10.0 Å². The summed E-state index contributed by atoms with van der Waals surface area (Å²) in [7, 11) is -3.92. The van der Waals surface area contributed by atoms with Gasteiger partial charge in [-0.15, -0.1) is 0 Å². The van der Waals surface area contributed by atoms with Gasteiger partial charge in [-0.2, -0.15) is 0 Å². The monoisotopic (exact) mass is 334 g/mol. The van der Waals surface area contributed by atoms with Crippen molar-refractivity contribution in [3.05, 3.63) is 34.8 Å². The average molecular weight is 335 g/mol. The maximum absolute atomic E-state index is 11.9. The number of nitrogen functional groups attached to an aromatic ring is 1. The summed E-state index contributed by atoms with van der Waals surface area (Å²) in [4.78, 5) is 10.6. The van der Waals surface area contributed by atoms with Crippen LogP contribution in [0.4, 0.5) is 5.69 Å². The van der Waals surface area contributed by atoms with E-state index in [1.54, 1.807) is 0 Å². The molecule has 4 N–H and O–H groups in total. The molecule has 1 rings (SSSR count). The van der Waals surface area contributed by atoms with Gasteiger partial charge in [-0.1, -0.05) is 22.5 Å². The van der Waals surface area contributed by atoms with Crippen molar-refractivity contribution in [3.8, 4) is 0 Å². The largest absolute Gasteiger partial charge is 0.478 e. The molecular formula is C10H11BrN2O4S. The van der Waals surface area contributed by atoms with E-state index in [2.05, 4.69) is 27.2 Å². The molecule has 0 spiro atoms. The molecule has 8 heteroatoms. The fraction of sp³-hybridized carbons (Fsp3) is 0.100. The molecule has 1 aromatic rings. The molecule has 6 nitrogen and oxygen atoms in total. The molecule has 0 saturated carbocycles. The first kappa shape index (κ1) is 14.7. The van der Waals surface area contributed by atoms with Crippen molar-refractivity contribution in [2.75, 3.05) is 12.3 Å². The maximum Gasteiger partial charge on any atom is 0.337 e. The number of carboxylic acids is 1. The van der Waals surface area contributed by atoms with Crippen LogP contribution in [0.2, 0.25) is 0 Å². The lowest BCUT2D eigenvalue weighted by atomic mass is 10.2. The molecule has 0 amide bonds. The van der Waals surface area contributed by atoms with Crippen LogP contribution in [0.25, 0.3) is 0 Å². The van der Waals surface area contributed by atoms with Gasteiger partial charge in [-0.3, -0.25) is 0 Å². The summed E-state index contributed by atoms with van der Waals surface area (Å²) >= 11 is 3.00. The number of anilines is 1. The molecule has 0 aliphatic heterocycles. The van der Waals surface area contributed by atoms with E-state index in [0.717, 1.165) is 12.1 Å². The molecule has 0 unspecified atom stereocenters. The summed E-state index contributed by atoms with van der Waals surface area (Å²) in [6, 6.07) is 3.57. The van der Waals surface area contributed by atoms with Crippen molar-refractivity contribution in [2.24, 2.45) is 0 Å². The van der Waals surface area contributed by atoms with Crippen LogP contribution < -0.4 is 10.5 Å². The Morgan fingerprint density at radius 3 is 2.61 bits per heavy atom. The smallest absolute Gasteiger partial charge is 0.337 e. The number of carboxylic acid groups (broad SMARTS) is 1. The van der Waals surface area contributed by atoms with Crippen molar-refractivity contribution in [1.82, 2.24) is 4.72 Å². The third-order valence-corrected chi connectivity index (χ3v) is 3.72. The summed E-state index contributed by atoms with van der Waals surface area (Å²) in [5.74, 6) is -1.36. The van der Waals surface area contributed by atoms with Crippen LogP contribution in [0.3, 0.4) is 0 Å². The quantitative estimate of drug-likeness (QED) is 0.700. The molecule has 0 saturated heterocycles. The van der Waals surface area contributed by atoms with Crippen LogP contribution in [-0.2, 0) is 10.0 Å². The summed E-state index contributed by atoms with van der Waals surface area (Å²) in [5, 5.41) is 8.96. The fourth-order valence-electron chi connectivity index (χ4n) is 1.20. The number of sulfonamides is 1. The molecule has 0 bridgehead atoms. The van der Waals surface area contributed by atoms with E-state index in [-0.39, 0.29) is 22.7 Å². The first-order chi connectivity index (χ1) is 8.24. The Kier molecular flexibility index (Phi) is 4.49. The van der Waals surface area contributed by atoms with E-state index < -0.39 is 16.0 Å². The van der Waals surface area contributed by atoms with E-state index in [1.165, 1.54) is 6.07 Å². The molecule has 0 fully saturated rings. The third-order valence-electron chi connectivity index (χ3n) is 1.98. The second kappa shape index (κ2) is 5.51. The first-order valence-corrected chi connectivity index (χ1v) is 6.97. The van der Waals surface area contributed by atoms with Crippen LogP contribution >= 0.6 is 15.9 Å². The predicted octanol–water partition coefficient (Wildman–Crippen LogP) is 1.15. The van der Waals surface area contributed by atoms with Crippen LogP contribution in [-0.4, -0.2) is 26.0 Å². The van der Waals surface area contributed by atoms with E-state index in [4.69, 9.17) is 10.8 Å².